The molecule has 0 amide bonds. The van der Waals surface area contributed by atoms with E-state index in [1.54, 1.807) is 12.1 Å². The fourth-order valence-electron chi connectivity index (χ4n) is 1.09. The number of hydrogen-bond donors (Lipinski definition) is 2. The highest BCUT2D eigenvalue weighted by Gasteiger charge is 2.14. The van der Waals surface area contributed by atoms with Crippen molar-refractivity contribution in [1.82, 2.24) is 4.72 Å². The molecule has 0 aromatic heterocycles. The number of carboxylic acids is 1. The maximum absolute atomic E-state index is 11.6. The third-order valence-corrected chi connectivity index (χ3v) is 3.58. The number of hydrogen-bond acceptors (Lipinski definition) is 3. The number of sulfonamides is 1. The lowest BCUT2D eigenvalue weighted by molar-refractivity contribution is -0.135. The van der Waals surface area contributed by atoms with Crippen LogP contribution >= 0.6 is 15.9 Å². The van der Waals surface area contributed by atoms with E-state index in [2.05, 4.69) is 27.8 Å². The summed E-state index contributed by atoms with van der Waals surface area (Å²) < 4.78 is 25.3. The first-order valence-corrected chi connectivity index (χ1v) is 7.42. The first-order chi connectivity index (χ1) is 8.45. The molecule has 0 aliphatic heterocycles. The summed E-state index contributed by atoms with van der Waals surface area (Å²) in [7, 11) is -3.78. The van der Waals surface area contributed by atoms with Gasteiger partial charge in [0.1, 0.15) is 6.54 Å². The zero-order chi connectivity index (χ0) is 13.6. The van der Waals surface area contributed by atoms with Crippen LogP contribution in [0.25, 0.3) is 0 Å². The van der Waals surface area contributed by atoms with E-state index >= 15 is 0 Å². The molecule has 0 fully saturated rings. The molecule has 2 N–H and O–H groups in total. The minimum atomic E-state index is -3.78. The Hall–Kier alpha value is -1.36. The van der Waals surface area contributed by atoms with Crippen molar-refractivity contribution < 1.29 is 18.3 Å². The predicted octanol–water partition coefficient (Wildman–Crippen LogP) is 0.796. The predicted molar refractivity (Wildman–Crippen MR) is 69.9 cm³/mol. The zero-order valence-corrected chi connectivity index (χ0v) is 11.6. The van der Waals surface area contributed by atoms with E-state index in [0.717, 1.165) is 0 Å². The van der Waals surface area contributed by atoms with Crippen LogP contribution in [0.5, 0.6) is 0 Å². The Kier molecular flexibility index (Phi) is 5.34. The lowest BCUT2D eigenvalue weighted by atomic mass is 10.2. The first-order valence-electron chi connectivity index (χ1n) is 4.82. The number of halogens is 1. The highest BCUT2D eigenvalue weighted by atomic mass is 79.9. The van der Waals surface area contributed by atoms with Crippen LogP contribution in [0, 0.1) is 11.8 Å². The first kappa shape index (κ1) is 14.7. The Balaban J connectivity index is 2.87. The largest absolute Gasteiger partial charge is 0.480 e. The summed E-state index contributed by atoms with van der Waals surface area (Å²) >= 11 is 3.15. The molecule has 0 aliphatic rings. The monoisotopic (exact) mass is 331 g/mol. The Morgan fingerprint density at radius 2 is 1.94 bits per heavy atom. The van der Waals surface area contributed by atoms with Gasteiger partial charge in [-0.15, -0.1) is 0 Å². The molecule has 0 unspecified atom stereocenters. The van der Waals surface area contributed by atoms with Crippen LogP contribution in [-0.2, 0) is 14.8 Å². The van der Waals surface area contributed by atoms with E-state index in [1.165, 1.54) is 12.1 Å². The van der Waals surface area contributed by atoms with Crippen molar-refractivity contribution in [1.29, 1.82) is 0 Å². The van der Waals surface area contributed by atoms with E-state index in [4.69, 9.17) is 5.11 Å². The molecule has 1 aromatic rings. The van der Waals surface area contributed by atoms with Crippen LogP contribution in [0.1, 0.15) is 5.56 Å². The standard InChI is InChI=1S/C11H10BrNO4S/c12-7-1-2-9-3-5-10(6-4-9)18(16,17)13-8-11(14)15/h3-6,13H,7-8H2,(H,14,15). The van der Waals surface area contributed by atoms with Crippen molar-refractivity contribution in [3.05, 3.63) is 29.8 Å². The molecular formula is C11H10BrNO4S. The maximum Gasteiger partial charge on any atom is 0.318 e. The highest BCUT2D eigenvalue weighted by molar-refractivity contribution is 9.09. The average molecular weight is 332 g/mol. The molecule has 18 heavy (non-hydrogen) atoms. The molecule has 0 radical (unpaired) electrons. The molecular weight excluding hydrogens is 322 g/mol. The van der Waals surface area contributed by atoms with Crippen molar-refractivity contribution in [2.45, 2.75) is 4.90 Å². The molecule has 0 aliphatic carbocycles. The van der Waals surface area contributed by atoms with Crippen molar-refractivity contribution in [2.75, 3.05) is 11.9 Å². The van der Waals surface area contributed by atoms with Crippen LogP contribution in [0.4, 0.5) is 0 Å². The number of carbonyl (C=O) groups is 1. The third-order valence-electron chi connectivity index (χ3n) is 1.88. The SMILES string of the molecule is O=C(O)CNS(=O)(=O)c1ccc(C#CCBr)cc1. The van der Waals surface area contributed by atoms with Crippen molar-refractivity contribution in [3.8, 4) is 11.8 Å². The number of benzene rings is 1. The van der Waals surface area contributed by atoms with Gasteiger partial charge in [0, 0.05) is 5.56 Å². The fourth-order valence-corrected chi connectivity index (χ4v) is 2.21. The van der Waals surface area contributed by atoms with Gasteiger partial charge in [0.25, 0.3) is 0 Å². The summed E-state index contributed by atoms with van der Waals surface area (Å²) in [6.45, 7) is -0.645. The van der Waals surface area contributed by atoms with Crippen LogP contribution in [-0.4, -0.2) is 31.4 Å². The van der Waals surface area contributed by atoms with Gasteiger partial charge >= 0.3 is 5.97 Å². The lowest BCUT2D eigenvalue weighted by Gasteiger charge is -2.04. The second-order valence-corrected chi connectivity index (χ2v) is 5.51. The highest BCUT2D eigenvalue weighted by Crippen LogP contribution is 2.09. The third kappa shape index (κ3) is 4.49. The summed E-state index contributed by atoms with van der Waals surface area (Å²) in [4.78, 5) is 10.3. The molecule has 0 heterocycles. The van der Waals surface area contributed by atoms with Crippen molar-refractivity contribution in [3.63, 3.8) is 0 Å². The molecule has 0 spiro atoms. The number of nitrogens with one attached hydrogen (secondary N) is 1. The molecule has 5 nitrogen and oxygen atoms in total. The van der Waals surface area contributed by atoms with E-state index in [-0.39, 0.29) is 4.90 Å². The van der Waals surface area contributed by atoms with Gasteiger partial charge < -0.3 is 5.11 Å². The smallest absolute Gasteiger partial charge is 0.318 e. The molecule has 1 aromatic carbocycles. The van der Waals surface area contributed by atoms with Gasteiger partial charge in [-0.2, -0.15) is 4.72 Å². The summed E-state index contributed by atoms with van der Waals surface area (Å²) in [6, 6.07) is 5.88. The minimum absolute atomic E-state index is 0.00754. The van der Waals surface area contributed by atoms with Gasteiger partial charge in [-0.05, 0) is 24.3 Å². The van der Waals surface area contributed by atoms with Gasteiger partial charge in [-0.25, -0.2) is 8.42 Å². The van der Waals surface area contributed by atoms with Crippen LogP contribution in [0.3, 0.4) is 0 Å². The Labute approximate surface area is 113 Å². The molecule has 0 atom stereocenters. The summed E-state index contributed by atoms with van der Waals surface area (Å²) in [5, 5.41) is 8.95. The van der Waals surface area contributed by atoms with E-state index in [0.29, 0.717) is 10.9 Å². The van der Waals surface area contributed by atoms with Gasteiger partial charge in [-0.3, -0.25) is 4.79 Å². The maximum atomic E-state index is 11.6. The van der Waals surface area contributed by atoms with Crippen molar-refractivity contribution in [2.24, 2.45) is 0 Å². The number of rotatable bonds is 4. The molecule has 7 heteroatoms. The second kappa shape index (κ2) is 6.54. The van der Waals surface area contributed by atoms with Gasteiger partial charge in [0.05, 0.1) is 10.2 Å². The minimum Gasteiger partial charge on any atom is -0.480 e. The molecule has 0 saturated carbocycles. The number of carboxylic acid groups (broad SMARTS) is 1. The van der Waals surface area contributed by atoms with Crippen LogP contribution < -0.4 is 4.72 Å². The number of aliphatic carboxylic acids is 1. The van der Waals surface area contributed by atoms with Gasteiger partial charge in [0.2, 0.25) is 10.0 Å². The molecule has 0 bridgehead atoms. The average Bonchev–Trinajstić information content (AvgIpc) is 2.34. The molecule has 0 saturated heterocycles. The van der Waals surface area contributed by atoms with Crippen molar-refractivity contribution >= 4 is 31.9 Å². The Morgan fingerprint density at radius 3 is 2.44 bits per heavy atom. The summed E-state index contributed by atoms with van der Waals surface area (Å²) in [6.07, 6.45) is 0. The molecule has 1 rings (SSSR count). The lowest BCUT2D eigenvalue weighted by Crippen LogP contribution is -2.29. The van der Waals surface area contributed by atoms with Gasteiger partial charge in [0.15, 0.2) is 0 Å². The van der Waals surface area contributed by atoms with E-state index < -0.39 is 22.5 Å². The van der Waals surface area contributed by atoms with Crippen LogP contribution in [0.15, 0.2) is 29.2 Å². The van der Waals surface area contributed by atoms with E-state index in [1.807, 2.05) is 4.72 Å². The second-order valence-electron chi connectivity index (χ2n) is 3.18. The Bertz CT molecular complexity index is 584. The summed E-state index contributed by atoms with van der Waals surface area (Å²) in [5.41, 5.74) is 0.687. The Morgan fingerprint density at radius 1 is 1.33 bits per heavy atom. The van der Waals surface area contributed by atoms with Crippen LogP contribution in [0.2, 0.25) is 0 Å². The number of alkyl halides is 1. The topological polar surface area (TPSA) is 83.5 Å². The quantitative estimate of drug-likeness (QED) is 0.631. The summed E-state index contributed by atoms with van der Waals surface area (Å²) in [5.74, 6) is 4.37. The van der Waals surface area contributed by atoms with E-state index in [9.17, 15) is 13.2 Å². The fraction of sp³-hybridized carbons (Fsp3) is 0.182. The zero-order valence-electron chi connectivity index (χ0n) is 9.18. The van der Waals surface area contributed by atoms with Gasteiger partial charge in [-0.1, -0.05) is 27.8 Å². The normalized spacial score (nSPS) is 10.5. The molecule has 96 valence electrons.